The van der Waals surface area contributed by atoms with Crippen LogP contribution >= 0.6 is 11.3 Å². The summed E-state index contributed by atoms with van der Waals surface area (Å²) in [6, 6.07) is 0.777. The van der Waals surface area contributed by atoms with Gasteiger partial charge in [-0.25, -0.2) is 4.98 Å². The highest BCUT2D eigenvalue weighted by Gasteiger charge is 2.28. The quantitative estimate of drug-likeness (QED) is 0.899. The van der Waals surface area contributed by atoms with Gasteiger partial charge in [0.15, 0.2) is 5.13 Å². The lowest BCUT2D eigenvalue weighted by molar-refractivity contribution is 0.293. The minimum atomic E-state index is 0.433. The molecule has 2 heterocycles. The lowest BCUT2D eigenvalue weighted by atomic mass is 9.84. The normalized spacial score (nSPS) is 22.2. The van der Waals surface area contributed by atoms with Crippen LogP contribution in [0.5, 0.6) is 0 Å². The third kappa shape index (κ3) is 3.34. The van der Waals surface area contributed by atoms with Gasteiger partial charge < -0.3 is 10.2 Å². The zero-order valence-corrected chi connectivity index (χ0v) is 13.9. The van der Waals surface area contributed by atoms with Crippen LogP contribution in [0.25, 0.3) is 0 Å². The highest BCUT2D eigenvalue weighted by atomic mass is 32.1. The fraction of sp³-hybridized carbons (Fsp3) is 0.812. The molecule has 2 fully saturated rings. The highest BCUT2D eigenvalue weighted by molar-refractivity contribution is 7.15. The molecule has 0 atom stereocenters. The summed E-state index contributed by atoms with van der Waals surface area (Å²) in [4.78, 5) is 8.88. The summed E-state index contributed by atoms with van der Waals surface area (Å²) in [5, 5.41) is 4.88. The van der Waals surface area contributed by atoms with Crippen molar-refractivity contribution in [1.82, 2.24) is 10.3 Å². The van der Waals surface area contributed by atoms with E-state index in [4.69, 9.17) is 4.98 Å². The third-order valence-electron chi connectivity index (χ3n) is 4.40. The van der Waals surface area contributed by atoms with E-state index in [1.54, 1.807) is 0 Å². The van der Waals surface area contributed by atoms with E-state index in [-0.39, 0.29) is 0 Å². The molecule has 0 spiro atoms. The van der Waals surface area contributed by atoms with E-state index in [1.165, 1.54) is 47.9 Å². The lowest BCUT2D eigenvalue weighted by Gasteiger charge is -2.37. The Balaban J connectivity index is 1.71. The van der Waals surface area contributed by atoms with Crippen molar-refractivity contribution in [3.05, 3.63) is 10.6 Å². The second-order valence-corrected chi connectivity index (χ2v) is 8.13. The Kier molecular flexibility index (Phi) is 4.04. The zero-order chi connectivity index (χ0) is 14.2. The summed E-state index contributed by atoms with van der Waals surface area (Å²) in [6.07, 6.45) is 6.39. The molecule has 1 aliphatic heterocycles. The Bertz CT molecular complexity index is 462. The van der Waals surface area contributed by atoms with Gasteiger partial charge in [0.05, 0.1) is 5.69 Å². The van der Waals surface area contributed by atoms with Crippen molar-refractivity contribution in [3.63, 3.8) is 0 Å². The molecule has 0 bridgehead atoms. The second-order valence-electron chi connectivity index (χ2n) is 7.06. The number of hydrogen-bond donors (Lipinski definition) is 1. The van der Waals surface area contributed by atoms with Crippen molar-refractivity contribution in [2.75, 3.05) is 18.0 Å². The predicted octanol–water partition coefficient (Wildman–Crippen LogP) is 3.58. The smallest absolute Gasteiger partial charge is 0.185 e. The van der Waals surface area contributed by atoms with Gasteiger partial charge in [0.25, 0.3) is 0 Å². The van der Waals surface area contributed by atoms with E-state index in [0.29, 0.717) is 5.41 Å². The molecule has 4 heteroatoms. The Hall–Kier alpha value is -0.610. The van der Waals surface area contributed by atoms with E-state index in [0.717, 1.165) is 25.6 Å². The van der Waals surface area contributed by atoms with Crippen LogP contribution in [-0.4, -0.2) is 24.1 Å². The Morgan fingerprint density at radius 1 is 1.40 bits per heavy atom. The van der Waals surface area contributed by atoms with Gasteiger partial charge in [-0.1, -0.05) is 20.8 Å². The van der Waals surface area contributed by atoms with E-state index >= 15 is 0 Å². The SMILES string of the molecule is CCc1nc(N2CCCC(C)(C)C2)sc1CNC1CC1. The van der Waals surface area contributed by atoms with Gasteiger partial charge in [-0.3, -0.25) is 0 Å². The minimum Gasteiger partial charge on any atom is -0.348 e. The van der Waals surface area contributed by atoms with Crippen LogP contribution < -0.4 is 10.2 Å². The number of piperidine rings is 1. The molecule has 3 nitrogen and oxygen atoms in total. The van der Waals surface area contributed by atoms with Crippen LogP contribution in [0.3, 0.4) is 0 Å². The Morgan fingerprint density at radius 2 is 2.20 bits per heavy atom. The molecule has 1 saturated carbocycles. The molecule has 0 unspecified atom stereocenters. The number of aryl methyl sites for hydroxylation is 1. The van der Waals surface area contributed by atoms with Gasteiger partial charge in [-0.05, 0) is 37.5 Å². The largest absolute Gasteiger partial charge is 0.348 e. The van der Waals surface area contributed by atoms with Crippen LogP contribution in [0.15, 0.2) is 0 Å². The average Bonchev–Trinajstić information content (AvgIpc) is 3.14. The molecular weight excluding hydrogens is 266 g/mol. The molecule has 20 heavy (non-hydrogen) atoms. The summed E-state index contributed by atoms with van der Waals surface area (Å²) in [5.41, 5.74) is 1.74. The van der Waals surface area contributed by atoms with E-state index in [9.17, 15) is 0 Å². The first-order valence-electron chi connectivity index (χ1n) is 8.04. The van der Waals surface area contributed by atoms with Crippen molar-refractivity contribution in [2.45, 2.75) is 65.5 Å². The maximum Gasteiger partial charge on any atom is 0.185 e. The van der Waals surface area contributed by atoms with Gasteiger partial charge in [0.2, 0.25) is 0 Å². The van der Waals surface area contributed by atoms with E-state index in [2.05, 4.69) is 31.0 Å². The van der Waals surface area contributed by atoms with Crippen molar-refractivity contribution < 1.29 is 0 Å². The molecule has 0 amide bonds. The number of nitrogens with zero attached hydrogens (tertiary/aromatic N) is 2. The maximum atomic E-state index is 4.92. The molecule has 1 aromatic rings. The third-order valence-corrected chi connectivity index (χ3v) is 5.56. The Morgan fingerprint density at radius 3 is 2.85 bits per heavy atom. The summed E-state index contributed by atoms with van der Waals surface area (Å²) in [5.74, 6) is 0. The van der Waals surface area contributed by atoms with Gasteiger partial charge in [-0.2, -0.15) is 0 Å². The van der Waals surface area contributed by atoms with Gasteiger partial charge in [-0.15, -0.1) is 11.3 Å². The molecule has 1 N–H and O–H groups in total. The monoisotopic (exact) mass is 293 g/mol. The Labute approximate surface area is 126 Å². The predicted molar refractivity (Wildman–Crippen MR) is 86.6 cm³/mol. The first-order valence-corrected chi connectivity index (χ1v) is 8.86. The van der Waals surface area contributed by atoms with E-state index < -0.39 is 0 Å². The van der Waals surface area contributed by atoms with Crippen LogP contribution in [0.1, 0.15) is 57.0 Å². The molecule has 3 rings (SSSR count). The highest BCUT2D eigenvalue weighted by Crippen LogP contribution is 2.35. The van der Waals surface area contributed by atoms with Crippen LogP contribution in [0, 0.1) is 5.41 Å². The van der Waals surface area contributed by atoms with Crippen molar-refractivity contribution in [1.29, 1.82) is 0 Å². The molecule has 1 aliphatic carbocycles. The van der Waals surface area contributed by atoms with Crippen molar-refractivity contribution in [3.8, 4) is 0 Å². The zero-order valence-electron chi connectivity index (χ0n) is 13.0. The summed E-state index contributed by atoms with van der Waals surface area (Å²) in [6.45, 7) is 10.3. The summed E-state index contributed by atoms with van der Waals surface area (Å²) >= 11 is 1.91. The molecule has 1 saturated heterocycles. The average molecular weight is 293 g/mol. The fourth-order valence-electron chi connectivity index (χ4n) is 3.03. The van der Waals surface area contributed by atoms with Gasteiger partial charge in [0, 0.05) is 30.6 Å². The van der Waals surface area contributed by atoms with Crippen molar-refractivity contribution in [2.24, 2.45) is 5.41 Å². The lowest BCUT2D eigenvalue weighted by Crippen LogP contribution is -2.40. The minimum absolute atomic E-state index is 0.433. The second kappa shape index (κ2) is 5.64. The van der Waals surface area contributed by atoms with E-state index in [1.807, 2.05) is 11.3 Å². The van der Waals surface area contributed by atoms with Crippen LogP contribution in [-0.2, 0) is 13.0 Å². The van der Waals surface area contributed by atoms with Gasteiger partial charge >= 0.3 is 0 Å². The molecule has 2 aliphatic rings. The number of nitrogens with one attached hydrogen (secondary N) is 1. The molecule has 0 aromatic carbocycles. The number of aromatic nitrogens is 1. The molecule has 112 valence electrons. The standard InChI is InChI=1S/C16H27N3S/c1-4-13-14(10-17-12-6-7-12)20-15(18-13)19-9-5-8-16(2,3)11-19/h12,17H,4-11H2,1-3H3. The fourth-order valence-corrected chi connectivity index (χ4v) is 4.15. The van der Waals surface area contributed by atoms with Crippen LogP contribution in [0.2, 0.25) is 0 Å². The van der Waals surface area contributed by atoms with Crippen molar-refractivity contribution >= 4 is 16.5 Å². The number of rotatable bonds is 5. The van der Waals surface area contributed by atoms with Gasteiger partial charge in [0.1, 0.15) is 0 Å². The molecular formula is C16H27N3S. The topological polar surface area (TPSA) is 28.2 Å². The number of thiazole rings is 1. The maximum absolute atomic E-state index is 4.92. The molecule has 1 aromatic heterocycles. The number of hydrogen-bond acceptors (Lipinski definition) is 4. The first-order chi connectivity index (χ1) is 9.57. The summed E-state index contributed by atoms with van der Waals surface area (Å²) in [7, 11) is 0. The van der Waals surface area contributed by atoms with Crippen LogP contribution in [0.4, 0.5) is 5.13 Å². The first kappa shape index (κ1) is 14.3. The summed E-state index contributed by atoms with van der Waals surface area (Å²) < 4.78 is 0. The number of anilines is 1. The molecule has 0 radical (unpaired) electrons.